The average molecular weight is 296 g/mol. The third kappa shape index (κ3) is 3.55. The number of halogens is 2. The molecule has 1 N–H and O–H groups in total. The molecule has 0 spiro atoms. The number of benzene rings is 1. The zero-order chi connectivity index (χ0) is 14.5. The van der Waals surface area contributed by atoms with Crippen molar-refractivity contribution in [1.29, 1.82) is 0 Å². The van der Waals surface area contributed by atoms with Crippen molar-refractivity contribution in [3.63, 3.8) is 0 Å². The van der Waals surface area contributed by atoms with Crippen LogP contribution in [0.4, 0.5) is 14.5 Å². The molecule has 0 amide bonds. The van der Waals surface area contributed by atoms with Gasteiger partial charge in [-0.3, -0.25) is 0 Å². The van der Waals surface area contributed by atoms with Gasteiger partial charge in [0.05, 0.1) is 6.54 Å². The standard InChI is InChI=1S/C15H18F2N2S/c1-3-18-9-11-7-13(16)15(14(17)8-11)19(2)10-12-5-4-6-20-12/h4-8,18H,3,9-10H2,1-2H3. The van der Waals surface area contributed by atoms with Crippen LogP contribution in [0, 0.1) is 11.6 Å². The van der Waals surface area contributed by atoms with E-state index in [4.69, 9.17) is 0 Å². The highest BCUT2D eigenvalue weighted by molar-refractivity contribution is 7.09. The minimum Gasteiger partial charge on any atom is -0.365 e. The van der Waals surface area contributed by atoms with Crippen LogP contribution in [0.3, 0.4) is 0 Å². The monoisotopic (exact) mass is 296 g/mol. The summed E-state index contributed by atoms with van der Waals surface area (Å²) in [7, 11) is 1.70. The van der Waals surface area contributed by atoms with Crippen molar-refractivity contribution in [2.75, 3.05) is 18.5 Å². The lowest BCUT2D eigenvalue weighted by Gasteiger charge is -2.20. The quantitative estimate of drug-likeness (QED) is 0.873. The Labute approximate surface area is 122 Å². The van der Waals surface area contributed by atoms with E-state index in [2.05, 4.69) is 5.32 Å². The maximum Gasteiger partial charge on any atom is 0.149 e. The Morgan fingerprint density at radius 3 is 2.50 bits per heavy atom. The molecule has 0 radical (unpaired) electrons. The van der Waals surface area contributed by atoms with Crippen molar-refractivity contribution < 1.29 is 8.78 Å². The van der Waals surface area contributed by atoms with Gasteiger partial charge in [-0.2, -0.15) is 0 Å². The summed E-state index contributed by atoms with van der Waals surface area (Å²) in [6.45, 7) is 3.69. The number of thiophene rings is 1. The molecule has 0 aliphatic carbocycles. The third-order valence-electron chi connectivity index (χ3n) is 3.01. The number of anilines is 1. The van der Waals surface area contributed by atoms with Gasteiger partial charge in [0.25, 0.3) is 0 Å². The van der Waals surface area contributed by atoms with Gasteiger partial charge in [-0.15, -0.1) is 11.3 Å². The second kappa shape index (κ2) is 6.81. The van der Waals surface area contributed by atoms with Gasteiger partial charge in [0, 0.05) is 18.5 Å². The fourth-order valence-electron chi connectivity index (χ4n) is 2.07. The van der Waals surface area contributed by atoms with Crippen LogP contribution >= 0.6 is 11.3 Å². The van der Waals surface area contributed by atoms with Crippen molar-refractivity contribution in [3.8, 4) is 0 Å². The minimum atomic E-state index is -0.517. The van der Waals surface area contributed by atoms with E-state index < -0.39 is 11.6 Å². The molecule has 108 valence electrons. The Morgan fingerprint density at radius 2 is 1.95 bits per heavy atom. The van der Waals surface area contributed by atoms with E-state index in [-0.39, 0.29) is 5.69 Å². The van der Waals surface area contributed by atoms with Gasteiger partial charge < -0.3 is 10.2 Å². The zero-order valence-electron chi connectivity index (χ0n) is 11.6. The first-order valence-corrected chi connectivity index (χ1v) is 7.42. The lowest BCUT2D eigenvalue weighted by molar-refractivity contribution is 0.570. The van der Waals surface area contributed by atoms with Gasteiger partial charge in [-0.1, -0.05) is 13.0 Å². The SMILES string of the molecule is CCNCc1cc(F)c(N(C)Cc2cccs2)c(F)c1. The van der Waals surface area contributed by atoms with Crippen LogP contribution in [-0.2, 0) is 13.1 Å². The molecule has 1 heterocycles. The van der Waals surface area contributed by atoms with Gasteiger partial charge in [-0.25, -0.2) is 8.78 Å². The maximum atomic E-state index is 14.1. The summed E-state index contributed by atoms with van der Waals surface area (Å²) in [5, 5.41) is 5.01. The van der Waals surface area contributed by atoms with Crippen molar-refractivity contribution >= 4 is 17.0 Å². The van der Waals surface area contributed by atoms with Crippen LogP contribution in [0.1, 0.15) is 17.4 Å². The van der Waals surface area contributed by atoms with Gasteiger partial charge in [0.2, 0.25) is 0 Å². The molecule has 0 aliphatic heterocycles. The molecule has 0 unspecified atom stereocenters. The maximum absolute atomic E-state index is 14.1. The molecule has 1 aromatic heterocycles. The molecule has 0 saturated heterocycles. The first kappa shape index (κ1) is 14.9. The smallest absolute Gasteiger partial charge is 0.149 e. The summed E-state index contributed by atoms with van der Waals surface area (Å²) >= 11 is 1.58. The van der Waals surface area contributed by atoms with E-state index in [0.29, 0.717) is 18.7 Å². The predicted octanol–water partition coefficient (Wildman–Crippen LogP) is 3.77. The minimum absolute atomic E-state index is 0.0265. The number of nitrogens with one attached hydrogen (secondary N) is 1. The Balaban J connectivity index is 2.18. The first-order chi connectivity index (χ1) is 9.61. The lowest BCUT2D eigenvalue weighted by atomic mass is 10.1. The molecule has 2 rings (SSSR count). The third-order valence-corrected chi connectivity index (χ3v) is 3.87. The largest absolute Gasteiger partial charge is 0.365 e. The molecule has 5 heteroatoms. The van der Waals surface area contributed by atoms with Gasteiger partial charge >= 0.3 is 0 Å². The summed E-state index contributed by atoms with van der Waals surface area (Å²) in [4.78, 5) is 2.68. The molecule has 20 heavy (non-hydrogen) atoms. The first-order valence-electron chi connectivity index (χ1n) is 6.54. The predicted molar refractivity (Wildman–Crippen MR) is 80.2 cm³/mol. The van der Waals surface area contributed by atoms with E-state index >= 15 is 0 Å². The van der Waals surface area contributed by atoms with E-state index in [0.717, 1.165) is 11.4 Å². The van der Waals surface area contributed by atoms with E-state index in [1.54, 1.807) is 23.3 Å². The molecule has 2 aromatic rings. The number of hydrogen-bond donors (Lipinski definition) is 1. The number of hydrogen-bond acceptors (Lipinski definition) is 3. The molecule has 0 saturated carbocycles. The number of rotatable bonds is 6. The van der Waals surface area contributed by atoms with Gasteiger partial charge in [-0.05, 0) is 35.7 Å². The van der Waals surface area contributed by atoms with Gasteiger partial charge in [0.15, 0.2) is 0 Å². The molecule has 1 aromatic carbocycles. The fourth-order valence-corrected chi connectivity index (χ4v) is 2.83. The Hall–Kier alpha value is -1.46. The van der Waals surface area contributed by atoms with Crippen molar-refractivity contribution in [2.24, 2.45) is 0 Å². The highest BCUT2D eigenvalue weighted by Gasteiger charge is 2.15. The van der Waals surface area contributed by atoms with Crippen LogP contribution in [0.2, 0.25) is 0 Å². The average Bonchev–Trinajstić information content (AvgIpc) is 2.88. The van der Waals surface area contributed by atoms with Crippen molar-refractivity contribution in [1.82, 2.24) is 5.32 Å². The van der Waals surface area contributed by atoms with E-state index in [1.807, 2.05) is 24.4 Å². The van der Waals surface area contributed by atoms with Crippen LogP contribution in [0.25, 0.3) is 0 Å². The van der Waals surface area contributed by atoms with E-state index in [1.165, 1.54) is 12.1 Å². The topological polar surface area (TPSA) is 15.3 Å². The summed E-state index contributed by atoms with van der Waals surface area (Å²) < 4.78 is 28.2. The molecule has 2 nitrogen and oxygen atoms in total. The van der Waals surface area contributed by atoms with Crippen LogP contribution in [0.15, 0.2) is 29.6 Å². The normalized spacial score (nSPS) is 10.8. The summed E-state index contributed by atoms with van der Waals surface area (Å²) in [6.07, 6.45) is 0. The molecular weight excluding hydrogens is 278 g/mol. The molecule has 0 atom stereocenters. The summed E-state index contributed by atoms with van der Waals surface area (Å²) in [5.41, 5.74) is 0.647. The molecular formula is C15H18F2N2S. The lowest BCUT2D eigenvalue weighted by Crippen LogP contribution is -2.19. The Kier molecular flexibility index (Phi) is 5.09. The van der Waals surface area contributed by atoms with Crippen LogP contribution in [0.5, 0.6) is 0 Å². The Bertz CT molecular complexity index is 532. The van der Waals surface area contributed by atoms with Crippen molar-refractivity contribution in [2.45, 2.75) is 20.0 Å². The second-order valence-electron chi connectivity index (χ2n) is 4.62. The summed E-state index contributed by atoms with van der Waals surface area (Å²) in [5.74, 6) is -1.03. The number of nitrogens with zero attached hydrogens (tertiary/aromatic N) is 1. The molecule has 0 bridgehead atoms. The second-order valence-corrected chi connectivity index (χ2v) is 5.66. The molecule has 0 aliphatic rings. The zero-order valence-corrected chi connectivity index (χ0v) is 12.4. The fraction of sp³-hybridized carbons (Fsp3) is 0.333. The van der Waals surface area contributed by atoms with Gasteiger partial charge in [0.1, 0.15) is 17.3 Å². The highest BCUT2D eigenvalue weighted by Crippen LogP contribution is 2.26. The van der Waals surface area contributed by atoms with Crippen molar-refractivity contribution in [3.05, 3.63) is 51.7 Å². The highest BCUT2D eigenvalue weighted by atomic mass is 32.1. The summed E-state index contributed by atoms with van der Waals surface area (Å²) in [6, 6.07) is 6.68. The molecule has 0 fully saturated rings. The van der Waals surface area contributed by atoms with Crippen LogP contribution < -0.4 is 10.2 Å². The Morgan fingerprint density at radius 1 is 1.25 bits per heavy atom. The van der Waals surface area contributed by atoms with E-state index in [9.17, 15) is 8.78 Å². The van der Waals surface area contributed by atoms with Crippen LogP contribution in [-0.4, -0.2) is 13.6 Å².